The molecule has 0 atom stereocenters. The van der Waals surface area contributed by atoms with Crippen LogP contribution in [0, 0.1) is 11.3 Å². The average molecular weight is 184 g/mol. The van der Waals surface area contributed by atoms with Crippen molar-refractivity contribution in [2.45, 2.75) is 26.7 Å². The lowest BCUT2D eigenvalue weighted by Gasteiger charge is -2.53. The van der Waals surface area contributed by atoms with E-state index in [1.807, 2.05) is 13.8 Å². The topological polar surface area (TPSA) is 41.1 Å². The van der Waals surface area contributed by atoms with Crippen molar-refractivity contribution in [3.8, 4) is 0 Å². The summed E-state index contributed by atoms with van der Waals surface area (Å²) in [5, 5.41) is 5.94. The Kier molecular flexibility index (Phi) is 3.31. The lowest BCUT2D eigenvalue weighted by molar-refractivity contribution is -0.134. The van der Waals surface area contributed by atoms with Crippen LogP contribution in [-0.4, -0.2) is 26.0 Å². The molecule has 0 bridgehead atoms. The summed E-state index contributed by atoms with van der Waals surface area (Å²) >= 11 is 0. The van der Waals surface area contributed by atoms with Crippen molar-refractivity contribution in [1.29, 1.82) is 0 Å². The third-order valence-electron chi connectivity index (χ3n) is 2.98. The van der Waals surface area contributed by atoms with Gasteiger partial charge in [-0.15, -0.1) is 0 Å². The number of rotatable bonds is 1. The lowest BCUT2D eigenvalue weighted by atomic mass is 9.58. The van der Waals surface area contributed by atoms with Gasteiger partial charge in [0.1, 0.15) is 0 Å². The van der Waals surface area contributed by atoms with E-state index in [0.717, 1.165) is 25.9 Å². The van der Waals surface area contributed by atoms with Crippen LogP contribution in [0.25, 0.3) is 0 Å². The fourth-order valence-corrected chi connectivity index (χ4v) is 2.14. The fourth-order valence-electron chi connectivity index (χ4n) is 2.14. The van der Waals surface area contributed by atoms with E-state index in [4.69, 9.17) is 0 Å². The maximum absolute atomic E-state index is 11.1. The molecule has 13 heavy (non-hydrogen) atoms. The first-order chi connectivity index (χ1) is 6.26. The maximum atomic E-state index is 11.1. The second-order valence-corrected chi connectivity index (χ2v) is 3.82. The van der Waals surface area contributed by atoms with Crippen molar-refractivity contribution < 1.29 is 4.79 Å². The highest BCUT2D eigenvalue weighted by Crippen LogP contribution is 2.48. The Morgan fingerprint density at radius 2 is 1.92 bits per heavy atom. The Balaban J connectivity index is 0.000000396. The van der Waals surface area contributed by atoms with Crippen LogP contribution in [0.15, 0.2) is 0 Å². The Hall–Kier alpha value is -0.570. The summed E-state index contributed by atoms with van der Waals surface area (Å²) in [7, 11) is 1.71. The van der Waals surface area contributed by atoms with Gasteiger partial charge in [0.2, 0.25) is 5.91 Å². The van der Waals surface area contributed by atoms with Gasteiger partial charge in [-0.1, -0.05) is 13.8 Å². The third kappa shape index (κ3) is 1.85. The third-order valence-corrected chi connectivity index (χ3v) is 2.98. The van der Waals surface area contributed by atoms with E-state index in [1.165, 1.54) is 0 Å². The highest BCUT2D eigenvalue weighted by atomic mass is 16.1. The molecule has 0 aromatic heterocycles. The van der Waals surface area contributed by atoms with Crippen LogP contribution in [0.5, 0.6) is 0 Å². The predicted molar refractivity (Wildman–Crippen MR) is 53.4 cm³/mol. The molecule has 0 unspecified atom stereocenters. The van der Waals surface area contributed by atoms with E-state index in [1.54, 1.807) is 7.05 Å². The normalized spacial score (nSPS) is 23.6. The molecule has 2 aliphatic rings. The molecule has 2 rings (SSSR count). The van der Waals surface area contributed by atoms with E-state index < -0.39 is 0 Å². The molecule has 3 nitrogen and oxygen atoms in total. The van der Waals surface area contributed by atoms with Crippen molar-refractivity contribution in [3.05, 3.63) is 0 Å². The van der Waals surface area contributed by atoms with Crippen LogP contribution in [0.1, 0.15) is 26.7 Å². The van der Waals surface area contributed by atoms with Crippen LogP contribution in [0.3, 0.4) is 0 Å². The number of hydrogen-bond acceptors (Lipinski definition) is 2. The average Bonchev–Trinajstić information content (AvgIpc) is 2.03. The zero-order valence-electron chi connectivity index (χ0n) is 8.81. The summed E-state index contributed by atoms with van der Waals surface area (Å²) in [6.07, 6.45) is 2.19. The van der Waals surface area contributed by atoms with Gasteiger partial charge in [0, 0.05) is 26.1 Å². The largest absolute Gasteiger partial charge is 0.359 e. The van der Waals surface area contributed by atoms with Gasteiger partial charge in [0.25, 0.3) is 0 Å². The van der Waals surface area contributed by atoms with Gasteiger partial charge in [-0.3, -0.25) is 4.79 Å². The summed E-state index contributed by atoms with van der Waals surface area (Å²) in [6, 6.07) is 0. The van der Waals surface area contributed by atoms with Crippen LogP contribution < -0.4 is 10.6 Å². The van der Waals surface area contributed by atoms with E-state index in [-0.39, 0.29) is 5.91 Å². The SMILES string of the molecule is CC.CNC(=O)C1CC2(CNC2)C1. The van der Waals surface area contributed by atoms with E-state index in [9.17, 15) is 4.79 Å². The zero-order chi connectivity index (χ0) is 9.90. The molecule has 1 heterocycles. The molecule has 1 amide bonds. The molecule has 0 radical (unpaired) electrons. The molecule has 2 N–H and O–H groups in total. The van der Waals surface area contributed by atoms with Gasteiger partial charge in [-0.2, -0.15) is 0 Å². The standard InChI is InChI=1S/C8H14N2O.C2H6/c1-9-7(11)6-2-8(3-6)4-10-5-8;1-2/h6,10H,2-5H2,1H3,(H,9,11);1-2H3. The first-order valence-electron chi connectivity index (χ1n) is 5.18. The summed E-state index contributed by atoms with van der Waals surface area (Å²) in [5.74, 6) is 0.532. The minimum Gasteiger partial charge on any atom is -0.359 e. The van der Waals surface area contributed by atoms with Crippen LogP contribution in [0.4, 0.5) is 0 Å². The molecule has 1 saturated carbocycles. The van der Waals surface area contributed by atoms with Crippen molar-refractivity contribution in [2.75, 3.05) is 20.1 Å². The van der Waals surface area contributed by atoms with Crippen LogP contribution in [-0.2, 0) is 4.79 Å². The van der Waals surface area contributed by atoms with E-state index in [2.05, 4.69) is 10.6 Å². The zero-order valence-corrected chi connectivity index (χ0v) is 8.81. The van der Waals surface area contributed by atoms with E-state index in [0.29, 0.717) is 11.3 Å². The second-order valence-electron chi connectivity index (χ2n) is 3.82. The van der Waals surface area contributed by atoms with Gasteiger partial charge >= 0.3 is 0 Å². The fraction of sp³-hybridized carbons (Fsp3) is 0.900. The summed E-state index contributed by atoms with van der Waals surface area (Å²) in [5.41, 5.74) is 0.525. The van der Waals surface area contributed by atoms with Gasteiger partial charge < -0.3 is 10.6 Å². The van der Waals surface area contributed by atoms with Gasteiger partial charge in [0.05, 0.1) is 0 Å². The molecule has 1 spiro atoms. The highest BCUT2D eigenvalue weighted by Gasteiger charge is 2.50. The molecular weight excluding hydrogens is 164 g/mol. The second kappa shape index (κ2) is 4.09. The van der Waals surface area contributed by atoms with Crippen LogP contribution >= 0.6 is 0 Å². The smallest absolute Gasteiger partial charge is 0.222 e. The number of amides is 1. The Labute approximate surface area is 80.3 Å². The Bertz CT molecular complexity index is 179. The van der Waals surface area contributed by atoms with Crippen molar-refractivity contribution in [1.82, 2.24) is 10.6 Å². The first-order valence-corrected chi connectivity index (χ1v) is 5.18. The summed E-state index contributed by atoms with van der Waals surface area (Å²) in [6.45, 7) is 6.25. The van der Waals surface area contributed by atoms with Crippen LogP contribution in [0.2, 0.25) is 0 Å². The van der Waals surface area contributed by atoms with E-state index >= 15 is 0 Å². The summed E-state index contributed by atoms with van der Waals surface area (Å²) < 4.78 is 0. The maximum Gasteiger partial charge on any atom is 0.222 e. The molecule has 1 saturated heterocycles. The monoisotopic (exact) mass is 184 g/mol. The highest BCUT2D eigenvalue weighted by molar-refractivity contribution is 5.79. The molecule has 1 aliphatic carbocycles. The molecule has 76 valence electrons. The predicted octanol–water partition coefficient (Wildman–Crippen LogP) is 0.758. The molecular formula is C10H20N2O. The number of hydrogen-bond donors (Lipinski definition) is 2. The van der Waals surface area contributed by atoms with Crippen molar-refractivity contribution in [3.63, 3.8) is 0 Å². The first kappa shape index (κ1) is 10.5. The molecule has 3 heteroatoms. The number of nitrogens with one attached hydrogen (secondary N) is 2. The van der Waals surface area contributed by atoms with Gasteiger partial charge in [-0.25, -0.2) is 0 Å². The van der Waals surface area contributed by atoms with Gasteiger partial charge in [-0.05, 0) is 18.3 Å². The summed E-state index contributed by atoms with van der Waals surface area (Å²) in [4.78, 5) is 11.1. The molecule has 0 aromatic carbocycles. The minimum atomic E-state index is 0.225. The Morgan fingerprint density at radius 1 is 1.38 bits per heavy atom. The number of carbonyl (C=O) groups excluding carboxylic acids is 1. The van der Waals surface area contributed by atoms with Gasteiger partial charge in [0.15, 0.2) is 0 Å². The van der Waals surface area contributed by atoms with Crippen molar-refractivity contribution >= 4 is 5.91 Å². The van der Waals surface area contributed by atoms with Crippen molar-refractivity contribution in [2.24, 2.45) is 11.3 Å². The molecule has 0 aromatic rings. The lowest BCUT2D eigenvalue weighted by Crippen LogP contribution is -2.62. The molecule has 1 aliphatic heterocycles. The molecule has 2 fully saturated rings. The minimum absolute atomic E-state index is 0.225. The Morgan fingerprint density at radius 3 is 2.23 bits per heavy atom. The quantitative estimate of drug-likeness (QED) is 0.631. The number of carbonyl (C=O) groups is 1.